The fourth-order valence-electron chi connectivity index (χ4n) is 2.70. The van der Waals surface area contributed by atoms with Gasteiger partial charge in [-0.3, -0.25) is 5.14 Å². The molecule has 0 amide bonds. The fourth-order valence-corrected chi connectivity index (χ4v) is 3.12. The SMILES string of the molecule is CC(C)Cc1nn(-c2ccc(OOSN)cc2)c(-c2ccccc2)c1Cl. The molecule has 136 valence electrons. The number of nitrogens with two attached hydrogens (primary N) is 1. The number of hydrogen-bond donors (Lipinski definition) is 1. The predicted molar refractivity (Wildman–Crippen MR) is 106 cm³/mol. The van der Waals surface area contributed by atoms with Crippen molar-refractivity contribution in [3.8, 4) is 22.7 Å². The Hall–Kier alpha value is -1.99. The maximum Gasteiger partial charge on any atom is 0.166 e. The molecular weight excluding hydrogens is 370 g/mol. The molecule has 2 N–H and O–H groups in total. The van der Waals surface area contributed by atoms with E-state index < -0.39 is 0 Å². The van der Waals surface area contributed by atoms with Gasteiger partial charge in [0.15, 0.2) is 5.75 Å². The van der Waals surface area contributed by atoms with Crippen LogP contribution in [-0.4, -0.2) is 9.78 Å². The van der Waals surface area contributed by atoms with Gasteiger partial charge in [0.2, 0.25) is 0 Å². The molecule has 0 unspecified atom stereocenters. The molecule has 0 aliphatic rings. The standard InChI is InChI=1S/C19H20ClN3O2S/c1-13(2)12-17-18(20)19(14-6-4-3-5-7-14)23(22-17)15-8-10-16(11-9-15)24-25-26-21/h3-11,13H,12,21H2,1-2H3. The topological polar surface area (TPSA) is 62.3 Å². The maximum absolute atomic E-state index is 6.71. The summed E-state index contributed by atoms with van der Waals surface area (Å²) in [5, 5.41) is 10.6. The summed E-state index contributed by atoms with van der Waals surface area (Å²) in [5.74, 6) is 1.01. The lowest BCUT2D eigenvalue weighted by Crippen LogP contribution is -2.01. The van der Waals surface area contributed by atoms with Crippen molar-refractivity contribution in [2.75, 3.05) is 0 Å². The molecule has 1 heterocycles. The zero-order valence-electron chi connectivity index (χ0n) is 14.6. The van der Waals surface area contributed by atoms with Crippen molar-refractivity contribution in [3.63, 3.8) is 0 Å². The minimum absolute atomic E-state index is 0.459. The normalized spacial score (nSPS) is 11.1. The molecule has 3 rings (SSSR count). The van der Waals surface area contributed by atoms with Gasteiger partial charge in [0.05, 0.1) is 22.1 Å². The summed E-state index contributed by atoms with van der Waals surface area (Å²) in [7, 11) is 0. The van der Waals surface area contributed by atoms with Gasteiger partial charge < -0.3 is 4.89 Å². The molecule has 1 aromatic heterocycles. The monoisotopic (exact) mass is 389 g/mol. The van der Waals surface area contributed by atoms with E-state index in [1.165, 1.54) is 0 Å². The molecule has 0 saturated heterocycles. The maximum atomic E-state index is 6.71. The van der Waals surface area contributed by atoms with Gasteiger partial charge in [-0.15, -0.1) is 0 Å². The van der Waals surface area contributed by atoms with Crippen LogP contribution in [-0.2, 0) is 10.8 Å². The molecule has 0 radical (unpaired) electrons. The first-order valence-corrected chi connectivity index (χ1v) is 9.41. The molecular formula is C19H20ClN3O2S. The molecule has 0 spiro atoms. The van der Waals surface area contributed by atoms with Crippen LogP contribution in [0, 0.1) is 5.92 Å². The first-order valence-electron chi connectivity index (χ1n) is 8.23. The van der Waals surface area contributed by atoms with Gasteiger partial charge in [-0.2, -0.15) is 5.10 Å². The first kappa shape index (κ1) is 18.8. The summed E-state index contributed by atoms with van der Waals surface area (Å²) >= 11 is 7.36. The van der Waals surface area contributed by atoms with Crippen molar-refractivity contribution < 1.29 is 9.22 Å². The summed E-state index contributed by atoms with van der Waals surface area (Å²) in [5.41, 5.74) is 3.67. The van der Waals surface area contributed by atoms with E-state index in [-0.39, 0.29) is 0 Å². The van der Waals surface area contributed by atoms with E-state index in [1.54, 1.807) is 12.1 Å². The van der Waals surface area contributed by atoms with E-state index in [9.17, 15) is 0 Å². The Morgan fingerprint density at radius 3 is 2.42 bits per heavy atom. The molecule has 0 fully saturated rings. The second-order valence-corrected chi connectivity index (χ2v) is 6.93. The molecule has 0 atom stereocenters. The third-order valence-electron chi connectivity index (χ3n) is 3.79. The Labute approximate surface area is 162 Å². The fraction of sp³-hybridized carbons (Fsp3) is 0.211. The van der Waals surface area contributed by atoms with Crippen molar-refractivity contribution in [1.29, 1.82) is 0 Å². The molecule has 5 nitrogen and oxygen atoms in total. The van der Waals surface area contributed by atoms with E-state index >= 15 is 0 Å². The van der Waals surface area contributed by atoms with E-state index in [0.29, 0.717) is 28.9 Å². The lowest BCUT2D eigenvalue weighted by atomic mass is 10.1. The van der Waals surface area contributed by atoms with Crippen LogP contribution < -0.4 is 10.0 Å². The van der Waals surface area contributed by atoms with Crippen LogP contribution in [0.4, 0.5) is 0 Å². The van der Waals surface area contributed by atoms with Crippen LogP contribution in [0.2, 0.25) is 5.02 Å². The highest BCUT2D eigenvalue weighted by molar-refractivity contribution is 7.92. The summed E-state index contributed by atoms with van der Waals surface area (Å²) in [6, 6.07) is 17.4. The highest BCUT2D eigenvalue weighted by atomic mass is 35.5. The van der Waals surface area contributed by atoms with Gasteiger partial charge >= 0.3 is 0 Å². The van der Waals surface area contributed by atoms with Crippen molar-refractivity contribution in [2.45, 2.75) is 20.3 Å². The van der Waals surface area contributed by atoms with Gasteiger partial charge in [0.25, 0.3) is 0 Å². The second kappa shape index (κ2) is 8.60. The van der Waals surface area contributed by atoms with Crippen molar-refractivity contribution in [1.82, 2.24) is 9.78 Å². The van der Waals surface area contributed by atoms with Gasteiger partial charge in [-0.05, 0) is 36.6 Å². The minimum Gasteiger partial charge on any atom is -0.324 e. The third kappa shape index (κ3) is 4.22. The third-order valence-corrected chi connectivity index (χ3v) is 4.34. The van der Waals surface area contributed by atoms with Gasteiger partial charge in [-0.25, -0.2) is 4.68 Å². The van der Waals surface area contributed by atoms with Crippen molar-refractivity contribution in [2.24, 2.45) is 11.1 Å². The van der Waals surface area contributed by atoms with Crippen LogP contribution >= 0.6 is 23.8 Å². The summed E-state index contributed by atoms with van der Waals surface area (Å²) in [6.07, 6.45) is 0.814. The largest absolute Gasteiger partial charge is 0.324 e. The number of nitrogens with zero attached hydrogens (tertiary/aromatic N) is 2. The molecule has 26 heavy (non-hydrogen) atoms. The number of halogens is 1. The quantitative estimate of drug-likeness (QED) is 0.259. The molecule has 7 heteroatoms. The Morgan fingerprint density at radius 1 is 1.12 bits per heavy atom. The van der Waals surface area contributed by atoms with Gasteiger partial charge in [0, 0.05) is 5.56 Å². The zero-order chi connectivity index (χ0) is 18.5. The Morgan fingerprint density at radius 2 is 1.81 bits per heavy atom. The molecule has 0 bridgehead atoms. The lowest BCUT2D eigenvalue weighted by molar-refractivity contribution is -0.0777. The Balaban J connectivity index is 2.05. The molecule has 2 aromatic carbocycles. The highest BCUT2D eigenvalue weighted by Gasteiger charge is 2.19. The number of aromatic nitrogens is 2. The summed E-state index contributed by atoms with van der Waals surface area (Å²) in [6.45, 7) is 4.30. The van der Waals surface area contributed by atoms with Crippen LogP contribution in [0.1, 0.15) is 19.5 Å². The lowest BCUT2D eigenvalue weighted by Gasteiger charge is -2.09. The number of hydrogen-bond acceptors (Lipinski definition) is 5. The molecule has 0 aliphatic heterocycles. The Bertz CT molecular complexity index is 851. The molecule has 3 aromatic rings. The predicted octanol–water partition coefficient (Wildman–Crippen LogP) is 5.22. The minimum atomic E-state index is 0.459. The number of rotatable bonds is 7. The van der Waals surface area contributed by atoms with Crippen LogP contribution in [0.3, 0.4) is 0 Å². The van der Waals surface area contributed by atoms with E-state index in [1.807, 2.05) is 47.1 Å². The van der Waals surface area contributed by atoms with E-state index in [0.717, 1.165) is 29.1 Å². The van der Waals surface area contributed by atoms with Crippen molar-refractivity contribution in [3.05, 3.63) is 65.3 Å². The summed E-state index contributed by atoms with van der Waals surface area (Å²) in [4.78, 5) is 5.02. The average Bonchev–Trinajstić information content (AvgIpc) is 2.97. The van der Waals surface area contributed by atoms with Crippen LogP contribution in [0.25, 0.3) is 16.9 Å². The van der Waals surface area contributed by atoms with Gasteiger partial charge in [0.1, 0.15) is 12.2 Å². The number of benzene rings is 2. The van der Waals surface area contributed by atoms with Crippen LogP contribution in [0.5, 0.6) is 5.75 Å². The average molecular weight is 390 g/mol. The van der Waals surface area contributed by atoms with Crippen molar-refractivity contribution >= 4 is 23.8 Å². The highest BCUT2D eigenvalue weighted by Crippen LogP contribution is 2.34. The second-order valence-electron chi connectivity index (χ2n) is 6.23. The summed E-state index contributed by atoms with van der Waals surface area (Å²) < 4.78 is 6.55. The molecule has 0 saturated carbocycles. The Kier molecular flexibility index (Phi) is 6.21. The zero-order valence-corrected chi connectivity index (χ0v) is 16.1. The van der Waals surface area contributed by atoms with E-state index in [2.05, 4.69) is 18.2 Å². The first-order chi connectivity index (χ1) is 12.6. The smallest absolute Gasteiger partial charge is 0.166 e. The molecule has 0 aliphatic carbocycles. The van der Waals surface area contributed by atoms with Crippen LogP contribution in [0.15, 0.2) is 54.6 Å². The van der Waals surface area contributed by atoms with Gasteiger partial charge in [-0.1, -0.05) is 60.1 Å². The van der Waals surface area contributed by atoms with E-state index in [4.69, 9.17) is 26.7 Å².